The number of ether oxygens (including phenoxy) is 2. The zero-order valence-electron chi connectivity index (χ0n) is 7.70. The molecule has 1 spiro atoms. The minimum Gasteiger partial charge on any atom is -0.342 e. The Labute approximate surface area is 87.8 Å². The molecule has 2 aliphatic rings. The summed E-state index contributed by atoms with van der Waals surface area (Å²) in [5, 5.41) is -0.0950. The van der Waals surface area contributed by atoms with Crippen LogP contribution >= 0.6 is 11.6 Å². The fourth-order valence-electron chi connectivity index (χ4n) is 2.30. The van der Waals surface area contributed by atoms with E-state index in [0.29, 0.717) is 13.2 Å². The van der Waals surface area contributed by atoms with Gasteiger partial charge in [-0.1, -0.05) is 24.3 Å². The second-order valence-corrected chi connectivity index (χ2v) is 4.22. The van der Waals surface area contributed by atoms with Gasteiger partial charge in [0, 0.05) is 5.56 Å². The van der Waals surface area contributed by atoms with E-state index < -0.39 is 5.79 Å². The van der Waals surface area contributed by atoms with Crippen LogP contribution < -0.4 is 0 Å². The molecule has 14 heavy (non-hydrogen) atoms. The van der Waals surface area contributed by atoms with E-state index in [9.17, 15) is 0 Å². The summed E-state index contributed by atoms with van der Waals surface area (Å²) < 4.78 is 11.4. The SMILES string of the molecule is ClC1Cc2ccccc2C12OCCO2. The molecule has 0 radical (unpaired) electrons. The van der Waals surface area contributed by atoms with Gasteiger partial charge in [-0.3, -0.25) is 0 Å². The largest absolute Gasteiger partial charge is 0.342 e. The first-order chi connectivity index (χ1) is 6.83. The quantitative estimate of drug-likeness (QED) is 0.611. The van der Waals surface area contributed by atoms with Gasteiger partial charge in [-0.05, 0) is 12.0 Å². The molecule has 3 rings (SSSR count). The zero-order valence-corrected chi connectivity index (χ0v) is 8.46. The van der Waals surface area contributed by atoms with E-state index in [-0.39, 0.29) is 5.38 Å². The number of rotatable bonds is 0. The summed E-state index contributed by atoms with van der Waals surface area (Å²) in [6.45, 7) is 1.27. The van der Waals surface area contributed by atoms with E-state index in [1.165, 1.54) is 5.56 Å². The van der Waals surface area contributed by atoms with Crippen LogP contribution in [0.1, 0.15) is 11.1 Å². The smallest absolute Gasteiger partial charge is 0.212 e. The van der Waals surface area contributed by atoms with Gasteiger partial charge in [-0.25, -0.2) is 0 Å². The molecule has 3 heteroatoms. The fourth-order valence-corrected chi connectivity index (χ4v) is 2.71. The second kappa shape index (κ2) is 2.96. The molecule has 1 aliphatic heterocycles. The predicted octanol–water partition coefficient (Wildman–Crippen LogP) is 2.05. The van der Waals surface area contributed by atoms with Gasteiger partial charge in [0.15, 0.2) is 0 Å². The molecule has 1 heterocycles. The molecule has 0 saturated carbocycles. The Balaban J connectivity index is 2.14. The van der Waals surface area contributed by atoms with Gasteiger partial charge < -0.3 is 9.47 Å². The third kappa shape index (κ3) is 0.991. The summed E-state index contributed by atoms with van der Waals surface area (Å²) in [6, 6.07) is 8.16. The molecular formula is C11H11ClO2. The molecule has 1 aromatic carbocycles. The van der Waals surface area contributed by atoms with E-state index in [4.69, 9.17) is 21.1 Å². The van der Waals surface area contributed by atoms with Crippen LogP contribution in [0.15, 0.2) is 24.3 Å². The van der Waals surface area contributed by atoms with Crippen LogP contribution in [-0.2, 0) is 21.7 Å². The van der Waals surface area contributed by atoms with Crippen molar-refractivity contribution >= 4 is 11.6 Å². The van der Waals surface area contributed by atoms with Crippen LogP contribution in [0.5, 0.6) is 0 Å². The molecular weight excluding hydrogens is 200 g/mol. The summed E-state index contributed by atoms with van der Waals surface area (Å²) in [7, 11) is 0. The first kappa shape index (κ1) is 8.72. The highest BCUT2D eigenvalue weighted by atomic mass is 35.5. The number of hydrogen-bond acceptors (Lipinski definition) is 2. The standard InChI is InChI=1S/C11H11ClO2/c12-10-7-8-3-1-2-4-9(8)11(10)13-5-6-14-11/h1-4,10H,5-7H2. The fraction of sp³-hybridized carbons (Fsp3) is 0.455. The summed E-state index contributed by atoms with van der Waals surface area (Å²) in [5.74, 6) is -0.655. The van der Waals surface area contributed by atoms with Crippen molar-refractivity contribution in [3.8, 4) is 0 Å². The van der Waals surface area contributed by atoms with Crippen LogP contribution in [0.2, 0.25) is 0 Å². The van der Waals surface area contributed by atoms with Crippen molar-refractivity contribution in [2.75, 3.05) is 13.2 Å². The van der Waals surface area contributed by atoms with Gasteiger partial charge in [0.2, 0.25) is 5.79 Å². The van der Waals surface area contributed by atoms with Crippen LogP contribution in [0.25, 0.3) is 0 Å². The van der Waals surface area contributed by atoms with Gasteiger partial charge in [-0.2, -0.15) is 0 Å². The van der Waals surface area contributed by atoms with Gasteiger partial charge in [0.1, 0.15) is 0 Å². The first-order valence-electron chi connectivity index (χ1n) is 4.83. The predicted molar refractivity (Wildman–Crippen MR) is 53.4 cm³/mol. The summed E-state index contributed by atoms with van der Waals surface area (Å²) >= 11 is 6.29. The normalized spacial score (nSPS) is 28.2. The van der Waals surface area contributed by atoms with E-state index >= 15 is 0 Å². The first-order valence-corrected chi connectivity index (χ1v) is 5.27. The van der Waals surface area contributed by atoms with Gasteiger partial charge in [0.25, 0.3) is 0 Å². The lowest BCUT2D eigenvalue weighted by atomic mass is 10.1. The topological polar surface area (TPSA) is 18.5 Å². The lowest BCUT2D eigenvalue weighted by Gasteiger charge is -2.26. The number of alkyl halides is 1. The Bertz CT molecular complexity index is 358. The number of fused-ring (bicyclic) bond motifs is 2. The molecule has 0 N–H and O–H groups in total. The van der Waals surface area contributed by atoms with Crippen LogP contribution in [0, 0.1) is 0 Å². The molecule has 0 amide bonds. The van der Waals surface area contributed by atoms with Crippen LogP contribution in [0.4, 0.5) is 0 Å². The Morgan fingerprint density at radius 2 is 1.93 bits per heavy atom. The van der Waals surface area contributed by atoms with Crippen molar-refractivity contribution in [2.24, 2.45) is 0 Å². The lowest BCUT2D eigenvalue weighted by Crippen LogP contribution is -2.33. The van der Waals surface area contributed by atoms with E-state index in [1.54, 1.807) is 0 Å². The number of benzene rings is 1. The molecule has 1 fully saturated rings. The van der Waals surface area contributed by atoms with E-state index in [0.717, 1.165) is 12.0 Å². The van der Waals surface area contributed by atoms with Crippen molar-refractivity contribution in [1.29, 1.82) is 0 Å². The third-order valence-corrected chi connectivity index (χ3v) is 3.36. The summed E-state index contributed by atoms with van der Waals surface area (Å²) in [6.07, 6.45) is 0.831. The van der Waals surface area contributed by atoms with Gasteiger partial charge in [-0.15, -0.1) is 11.6 Å². The Morgan fingerprint density at radius 1 is 1.21 bits per heavy atom. The average molecular weight is 211 g/mol. The highest BCUT2D eigenvalue weighted by Gasteiger charge is 2.50. The van der Waals surface area contributed by atoms with Crippen molar-refractivity contribution in [2.45, 2.75) is 17.6 Å². The van der Waals surface area contributed by atoms with Gasteiger partial charge >= 0.3 is 0 Å². The molecule has 74 valence electrons. The molecule has 1 unspecified atom stereocenters. The Hall–Kier alpha value is -0.570. The molecule has 0 bridgehead atoms. The number of hydrogen-bond donors (Lipinski definition) is 0. The van der Waals surface area contributed by atoms with Crippen molar-refractivity contribution in [3.63, 3.8) is 0 Å². The monoisotopic (exact) mass is 210 g/mol. The van der Waals surface area contributed by atoms with Crippen molar-refractivity contribution in [3.05, 3.63) is 35.4 Å². The van der Waals surface area contributed by atoms with Crippen molar-refractivity contribution < 1.29 is 9.47 Å². The van der Waals surface area contributed by atoms with Crippen LogP contribution in [0.3, 0.4) is 0 Å². The maximum atomic E-state index is 6.29. The minimum absolute atomic E-state index is 0.0950. The molecule has 1 atom stereocenters. The molecule has 1 aliphatic carbocycles. The summed E-state index contributed by atoms with van der Waals surface area (Å²) in [4.78, 5) is 0. The van der Waals surface area contributed by atoms with Gasteiger partial charge in [0.05, 0.1) is 18.6 Å². The maximum Gasteiger partial charge on any atom is 0.212 e. The van der Waals surface area contributed by atoms with E-state index in [2.05, 4.69) is 6.07 Å². The lowest BCUT2D eigenvalue weighted by molar-refractivity contribution is -0.159. The average Bonchev–Trinajstić information content (AvgIpc) is 2.77. The molecule has 1 aromatic rings. The van der Waals surface area contributed by atoms with Crippen LogP contribution in [-0.4, -0.2) is 18.6 Å². The molecule has 1 saturated heterocycles. The highest BCUT2D eigenvalue weighted by molar-refractivity contribution is 6.21. The van der Waals surface area contributed by atoms with Crippen molar-refractivity contribution in [1.82, 2.24) is 0 Å². The molecule has 0 aromatic heterocycles. The maximum absolute atomic E-state index is 6.29. The van der Waals surface area contributed by atoms with E-state index in [1.807, 2.05) is 18.2 Å². The highest BCUT2D eigenvalue weighted by Crippen LogP contribution is 2.45. The Kier molecular flexibility index (Phi) is 1.84. The third-order valence-electron chi connectivity index (χ3n) is 2.92. The zero-order chi connectivity index (χ0) is 9.60. The Morgan fingerprint density at radius 3 is 2.71 bits per heavy atom. The number of halogens is 1. The second-order valence-electron chi connectivity index (χ2n) is 3.69. The summed E-state index contributed by atoms with van der Waals surface area (Å²) in [5.41, 5.74) is 2.35. The minimum atomic E-state index is -0.655. The molecule has 2 nitrogen and oxygen atoms in total.